The van der Waals surface area contributed by atoms with Crippen molar-refractivity contribution < 1.29 is 25.5 Å². The Labute approximate surface area is 154 Å². The second-order valence-electron chi connectivity index (χ2n) is 7.42. The van der Waals surface area contributed by atoms with Gasteiger partial charge in [-0.05, 0) is 68.7 Å². The number of hydrogen-bond donors (Lipinski definition) is 5. The molecule has 0 aromatic heterocycles. The topological polar surface area (TPSA) is 101 Å². The smallest absolute Gasteiger partial charge is 0.123 e. The molecular weight excluding hydrogens is 332 g/mol. The first-order chi connectivity index (χ1) is 12.2. The molecule has 0 heterocycles. The SMILES string of the molecule is C=C(C)[C@@H]1CC(O)C(CO)=C[C@@H]1c1c(O)cc(CCCC(C)O)cc1O. The fourth-order valence-corrected chi connectivity index (χ4v) is 3.71. The normalized spacial score (nSPS) is 24.2. The number of phenols is 2. The van der Waals surface area contributed by atoms with Gasteiger partial charge in [0.1, 0.15) is 11.5 Å². The highest BCUT2D eigenvalue weighted by atomic mass is 16.3. The highest BCUT2D eigenvalue weighted by Crippen LogP contribution is 2.46. The van der Waals surface area contributed by atoms with E-state index in [0.717, 1.165) is 17.6 Å². The van der Waals surface area contributed by atoms with Gasteiger partial charge < -0.3 is 25.5 Å². The molecule has 4 atom stereocenters. The molecule has 2 rings (SSSR count). The Morgan fingerprint density at radius 3 is 2.38 bits per heavy atom. The zero-order valence-corrected chi connectivity index (χ0v) is 15.5. The first-order valence-corrected chi connectivity index (χ1v) is 9.12. The lowest BCUT2D eigenvalue weighted by Gasteiger charge is -2.34. The molecule has 0 radical (unpaired) electrons. The van der Waals surface area contributed by atoms with Crippen LogP contribution in [0, 0.1) is 5.92 Å². The number of allylic oxidation sites excluding steroid dienone is 2. The van der Waals surface area contributed by atoms with Gasteiger partial charge in [0.2, 0.25) is 0 Å². The van der Waals surface area contributed by atoms with Crippen molar-refractivity contribution in [2.45, 2.75) is 57.7 Å². The van der Waals surface area contributed by atoms with Gasteiger partial charge in [-0.2, -0.15) is 0 Å². The van der Waals surface area contributed by atoms with E-state index in [0.29, 0.717) is 30.4 Å². The van der Waals surface area contributed by atoms with Crippen LogP contribution in [0.2, 0.25) is 0 Å². The van der Waals surface area contributed by atoms with Crippen LogP contribution < -0.4 is 0 Å². The zero-order valence-electron chi connectivity index (χ0n) is 15.5. The molecule has 1 aromatic rings. The molecule has 0 saturated heterocycles. The third kappa shape index (κ3) is 4.67. The molecule has 0 spiro atoms. The Balaban J connectivity index is 2.36. The summed E-state index contributed by atoms with van der Waals surface area (Å²) in [5.41, 5.74) is 2.54. The summed E-state index contributed by atoms with van der Waals surface area (Å²) in [4.78, 5) is 0. The minimum Gasteiger partial charge on any atom is -0.507 e. The van der Waals surface area contributed by atoms with Crippen LogP contribution >= 0.6 is 0 Å². The average Bonchev–Trinajstić information content (AvgIpc) is 2.54. The number of aromatic hydroxyl groups is 2. The number of aryl methyl sites for hydroxylation is 1. The summed E-state index contributed by atoms with van der Waals surface area (Å²) >= 11 is 0. The minimum absolute atomic E-state index is 0.00164. The molecule has 0 amide bonds. The molecule has 1 aromatic carbocycles. The monoisotopic (exact) mass is 362 g/mol. The second kappa shape index (κ2) is 8.71. The highest BCUT2D eigenvalue weighted by molar-refractivity contribution is 5.52. The Bertz CT molecular complexity index is 654. The lowest BCUT2D eigenvalue weighted by atomic mass is 9.72. The first-order valence-electron chi connectivity index (χ1n) is 9.12. The third-order valence-corrected chi connectivity index (χ3v) is 5.16. The Kier molecular flexibility index (Phi) is 6.87. The molecule has 0 saturated carbocycles. The zero-order chi connectivity index (χ0) is 19.4. The maximum absolute atomic E-state index is 10.6. The van der Waals surface area contributed by atoms with Gasteiger partial charge in [-0.15, -0.1) is 0 Å². The summed E-state index contributed by atoms with van der Waals surface area (Å²) in [5, 5.41) is 50.1. The number of phenolic OH excluding ortho intramolecular Hbond substituents is 2. The van der Waals surface area contributed by atoms with Gasteiger partial charge >= 0.3 is 0 Å². The van der Waals surface area contributed by atoms with Crippen LogP contribution in [0.3, 0.4) is 0 Å². The number of aliphatic hydroxyl groups excluding tert-OH is 3. The highest BCUT2D eigenvalue weighted by Gasteiger charge is 2.34. The quantitative estimate of drug-likeness (QED) is 0.480. The van der Waals surface area contributed by atoms with E-state index >= 15 is 0 Å². The summed E-state index contributed by atoms with van der Waals surface area (Å²) in [5.74, 6) is -0.501. The standard InChI is InChI=1S/C21H30O5/c1-12(2)16-10-18(24)15(11-22)9-17(16)21-19(25)7-14(8-20(21)26)6-4-5-13(3)23/h7-9,13,16-18,22-26H,1,4-6,10-11H2,2-3H3/t13?,16-,17-,18?/m0/s1. The van der Waals surface area contributed by atoms with Crippen LogP contribution in [-0.4, -0.2) is 44.3 Å². The van der Waals surface area contributed by atoms with E-state index in [1.807, 2.05) is 6.92 Å². The number of rotatable bonds is 7. The Hall–Kier alpha value is -1.82. The molecule has 0 bridgehead atoms. The van der Waals surface area contributed by atoms with Crippen molar-refractivity contribution in [3.63, 3.8) is 0 Å². The van der Waals surface area contributed by atoms with E-state index in [-0.39, 0.29) is 36.0 Å². The second-order valence-corrected chi connectivity index (χ2v) is 7.42. The molecule has 5 N–H and O–H groups in total. The van der Waals surface area contributed by atoms with Crippen molar-refractivity contribution in [2.75, 3.05) is 6.61 Å². The van der Waals surface area contributed by atoms with Crippen LogP contribution in [0.5, 0.6) is 11.5 Å². The van der Waals surface area contributed by atoms with Gasteiger partial charge in [-0.1, -0.05) is 18.2 Å². The molecule has 26 heavy (non-hydrogen) atoms. The molecule has 2 unspecified atom stereocenters. The maximum Gasteiger partial charge on any atom is 0.123 e. The minimum atomic E-state index is -0.748. The van der Waals surface area contributed by atoms with E-state index in [2.05, 4.69) is 6.58 Å². The van der Waals surface area contributed by atoms with Crippen molar-refractivity contribution in [3.8, 4) is 11.5 Å². The van der Waals surface area contributed by atoms with E-state index in [1.54, 1.807) is 25.1 Å². The van der Waals surface area contributed by atoms with Crippen molar-refractivity contribution in [2.24, 2.45) is 5.92 Å². The van der Waals surface area contributed by atoms with Crippen LogP contribution in [0.1, 0.15) is 50.2 Å². The number of benzene rings is 1. The van der Waals surface area contributed by atoms with Crippen molar-refractivity contribution in [3.05, 3.63) is 47.1 Å². The summed E-state index contributed by atoms with van der Waals surface area (Å²) in [6.45, 7) is 7.32. The Morgan fingerprint density at radius 1 is 1.27 bits per heavy atom. The van der Waals surface area contributed by atoms with Crippen molar-refractivity contribution in [1.82, 2.24) is 0 Å². The van der Waals surface area contributed by atoms with Crippen molar-refractivity contribution >= 4 is 0 Å². The van der Waals surface area contributed by atoms with E-state index < -0.39 is 6.10 Å². The van der Waals surface area contributed by atoms with Gasteiger partial charge in [0.05, 0.1) is 18.8 Å². The van der Waals surface area contributed by atoms with Gasteiger partial charge in [0.15, 0.2) is 0 Å². The molecule has 1 aliphatic carbocycles. The summed E-state index contributed by atoms with van der Waals surface area (Å²) in [7, 11) is 0. The van der Waals surface area contributed by atoms with E-state index in [1.165, 1.54) is 0 Å². The van der Waals surface area contributed by atoms with Crippen molar-refractivity contribution in [1.29, 1.82) is 0 Å². The van der Waals surface area contributed by atoms with Gasteiger partial charge in [0.25, 0.3) is 0 Å². The molecule has 144 valence electrons. The molecule has 1 aliphatic rings. The van der Waals surface area contributed by atoms with E-state index in [4.69, 9.17) is 0 Å². The van der Waals surface area contributed by atoms with Crippen LogP contribution in [0.15, 0.2) is 35.9 Å². The molecule has 5 heteroatoms. The fraction of sp³-hybridized carbons (Fsp3) is 0.524. The maximum atomic E-state index is 10.6. The van der Waals surface area contributed by atoms with Crippen LogP contribution in [-0.2, 0) is 6.42 Å². The van der Waals surface area contributed by atoms with Gasteiger partial charge in [-0.25, -0.2) is 0 Å². The number of hydrogen-bond acceptors (Lipinski definition) is 5. The molecular formula is C21H30O5. The largest absolute Gasteiger partial charge is 0.507 e. The summed E-state index contributed by atoms with van der Waals surface area (Å²) < 4.78 is 0. The average molecular weight is 362 g/mol. The first kappa shape index (κ1) is 20.5. The van der Waals surface area contributed by atoms with Gasteiger partial charge in [-0.3, -0.25) is 0 Å². The predicted molar refractivity (Wildman–Crippen MR) is 101 cm³/mol. The lowest BCUT2D eigenvalue weighted by Crippen LogP contribution is -2.28. The number of aliphatic hydroxyl groups is 3. The summed E-state index contributed by atoms with van der Waals surface area (Å²) in [6, 6.07) is 3.29. The lowest BCUT2D eigenvalue weighted by molar-refractivity contribution is 0.149. The van der Waals surface area contributed by atoms with Gasteiger partial charge in [0, 0.05) is 11.5 Å². The third-order valence-electron chi connectivity index (χ3n) is 5.16. The fourth-order valence-electron chi connectivity index (χ4n) is 3.71. The molecule has 0 fully saturated rings. The molecule has 0 aliphatic heterocycles. The molecule has 5 nitrogen and oxygen atoms in total. The van der Waals surface area contributed by atoms with Crippen LogP contribution in [0.4, 0.5) is 0 Å². The van der Waals surface area contributed by atoms with E-state index in [9.17, 15) is 25.5 Å². The Morgan fingerprint density at radius 2 is 1.88 bits per heavy atom. The predicted octanol–water partition coefficient (Wildman–Crippen LogP) is 2.76. The van der Waals surface area contributed by atoms with Crippen LogP contribution in [0.25, 0.3) is 0 Å². The summed E-state index contributed by atoms with van der Waals surface area (Å²) in [6.07, 6.45) is 3.07.